The van der Waals surface area contributed by atoms with Crippen molar-refractivity contribution in [3.8, 4) is 22.7 Å². The summed E-state index contributed by atoms with van der Waals surface area (Å²) in [4.78, 5) is 44.8. The molecule has 11 nitrogen and oxygen atoms in total. The highest BCUT2D eigenvalue weighted by Gasteiger charge is 2.34. The zero-order valence-corrected chi connectivity index (χ0v) is 27.2. The van der Waals surface area contributed by atoms with E-state index in [1.807, 2.05) is 45.6 Å². The van der Waals surface area contributed by atoms with Crippen LogP contribution in [0.15, 0.2) is 54.0 Å². The second kappa shape index (κ2) is 12.8. The SMILES string of the molecule is C=CC(=O)N1CCN(c2nc(=O)n3c4nc(c(C)cc24)-c2c(F)cccc2OCC(OCC)C(O)c2ccnc(C(C)C)c2-3)[C@@H](C)C1. The summed E-state index contributed by atoms with van der Waals surface area (Å²) in [6.45, 7) is 14.5. The van der Waals surface area contributed by atoms with Gasteiger partial charge in [0.2, 0.25) is 5.91 Å². The number of aliphatic hydroxyl groups excluding tert-OH is 1. The Balaban J connectivity index is 1.71. The molecule has 1 saturated heterocycles. The lowest BCUT2D eigenvalue weighted by Crippen LogP contribution is -2.54. The number of aryl methyl sites for hydroxylation is 1. The second-order valence-electron chi connectivity index (χ2n) is 12.3. The van der Waals surface area contributed by atoms with Gasteiger partial charge < -0.3 is 24.4 Å². The number of aliphatic hydroxyl groups is 1. The van der Waals surface area contributed by atoms with E-state index in [0.29, 0.717) is 59.0 Å². The molecule has 246 valence electrons. The van der Waals surface area contributed by atoms with Gasteiger partial charge >= 0.3 is 5.69 Å². The molecule has 2 unspecified atom stereocenters. The summed E-state index contributed by atoms with van der Waals surface area (Å²) in [7, 11) is 0. The van der Waals surface area contributed by atoms with E-state index in [-0.39, 0.29) is 48.0 Å². The third-order valence-corrected chi connectivity index (χ3v) is 8.85. The van der Waals surface area contributed by atoms with Gasteiger partial charge in [0.15, 0.2) is 5.65 Å². The quantitative estimate of drug-likeness (QED) is 0.314. The molecule has 4 aromatic rings. The molecule has 5 heterocycles. The van der Waals surface area contributed by atoms with Crippen LogP contribution < -0.4 is 15.3 Å². The second-order valence-corrected chi connectivity index (χ2v) is 12.3. The van der Waals surface area contributed by atoms with Gasteiger partial charge in [0.25, 0.3) is 0 Å². The summed E-state index contributed by atoms with van der Waals surface area (Å²) >= 11 is 0. The number of anilines is 1. The molecule has 0 aliphatic carbocycles. The number of carbonyl (C=O) groups excluding carboxylic acids is 1. The van der Waals surface area contributed by atoms with E-state index in [2.05, 4.69) is 16.5 Å². The van der Waals surface area contributed by atoms with Crippen LogP contribution in [0, 0.1) is 12.7 Å². The molecular formula is C35H39FN6O5. The van der Waals surface area contributed by atoms with Crippen molar-refractivity contribution in [2.75, 3.05) is 37.7 Å². The number of pyridine rings is 2. The van der Waals surface area contributed by atoms with Crippen molar-refractivity contribution in [2.45, 2.75) is 58.8 Å². The van der Waals surface area contributed by atoms with E-state index in [0.717, 1.165) is 0 Å². The van der Waals surface area contributed by atoms with Crippen molar-refractivity contribution >= 4 is 22.8 Å². The predicted octanol–water partition coefficient (Wildman–Crippen LogP) is 4.47. The Labute approximate surface area is 272 Å². The van der Waals surface area contributed by atoms with Crippen molar-refractivity contribution in [2.24, 2.45) is 0 Å². The molecular weight excluding hydrogens is 603 g/mol. The number of aromatic nitrogens is 4. The van der Waals surface area contributed by atoms with Crippen LogP contribution in [-0.2, 0) is 9.53 Å². The number of ether oxygens (including phenoxy) is 2. The molecule has 6 rings (SSSR count). The first-order valence-electron chi connectivity index (χ1n) is 15.9. The van der Waals surface area contributed by atoms with Gasteiger partial charge in [-0.2, -0.15) is 4.98 Å². The van der Waals surface area contributed by atoms with Gasteiger partial charge in [-0.05, 0) is 62.6 Å². The lowest BCUT2D eigenvalue weighted by Gasteiger charge is -2.40. The van der Waals surface area contributed by atoms with E-state index in [9.17, 15) is 14.7 Å². The van der Waals surface area contributed by atoms with Gasteiger partial charge in [0.1, 0.15) is 36.2 Å². The Morgan fingerprint density at radius 1 is 1.26 bits per heavy atom. The van der Waals surface area contributed by atoms with Crippen molar-refractivity contribution in [3.63, 3.8) is 0 Å². The molecule has 2 bridgehead atoms. The highest BCUT2D eigenvalue weighted by Crippen LogP contribution is 2.39. The molecule has 1 fully saturated rings. The molecule has 47 heavy (non-hydrogen) atoms. The molecule has 1 N–H and O–H groups in total. The first-order chi connectivity index (χ1) is 22.5. The van der Waals surface area contributed by atoms with E-state index in [1.165, 1.54) is 16.7 Å². The zero-order valence-electron chi connectivity index (χ0n) is 27.2. The van der Waals surface area contributed by atoms with E-state index >= 15 is 4.39 Å². The number of nitrogens with zero attached hydrogens (tertiary/aromatic N) is 6. The van der Waals surface area contributed by atoms with Crippen LogP contribution in [-0.4, -0.2) is 80.4 Å². The van der Waals surface area contributed by atoms with E-state index in [4.69, 9.17) is 14.5 Å². The number of fused-ring (bicyclic) bond motifs is 5. The molecule has 0 saturated carbocycles. The monoisotopic (exact) mass is 642 g/mol. The summed E-state index contributed by atoms with van der Waals surface area (Å²) < 4.78 is 29.3. The molecule has 3 atom stereocenters. The summed E-state index contributed by atoms with van der Waals surface area (Å²) in [6.07, 6.45) is 0.785. The van der Waals surface area contributed by atoms with Crippen LogP contribution in [0.3, 0.4) is 0 Å². The molecule has 12 heteroatoms. The Hall–Kier alpha value is -4.68. The molecule has 1 amide bonds. The van der Waals surface area contributed by atoms with Gasteiger partial charge in [-0.1, -0.05) is 26.5 Å². The van der Waals surface area contributed by atoms with Gasteiger partial charge in [0.05, 0.1) is 28.0 Å². The Kier molecular flexibility index (Phi) is 8.82. The Morgan fingerprint density at radius 3 is 2.74 bits per heavy atom. The minimum atomic E-state index is -1.25. The number of hydrogen-bond donors (Lipinski definition) is 1. The van der Waals surface area contributed by atoms with Crippen molar-refractivity contribution < 1.29 is 23.8 Å². The zero-order chi connectivity index (χ0) is 33.6. The van der Waals surface area contributed by atoms with Gasteiger partial charge in [-0.25, -0.2) is 18.7 Å². The van der Waals surface area contributed by atoms with Crippen LogP contribution in [0.1, 0.15) is 56.5 Å². The molecule has 2 aliphatic rings. The number of amides is 1. The minimum absolute atomic E-state index is 0.0946. The number of piperazine rings is 1. The fourth-order valence-corrected chi connectivity index (χ4v) is 6.57. The van der Waals surface area contributed by atoms with Crippen LogP contribution in [0.25, 0.3) is 28.0 Å². The topological polar surface area (TPSA) is 123 Å². The summed E-state index contributed by atoms with van der Waals surface area (Å²) in [5.74, 6) is -0.233. The number of hydrogen-bond acceptors (Lipinski definition) is 9. The average molecular weight is 643 g/mol. The minimum Gasteiger partial charge on any atom is -0.490 e. The highest BCUT2D eigenvalue weighted by atomic mass is 19.1. The van der Waals surface area contributed by atoms with E-state index < -0.39 is 23.7 Å². The average Bonchev–Trinajstić information content (AvgIpc) is 3.05. The third-order valence-electron chi connectivity index (χ3n) is 8.85. The molecule has 0 spiro atoms. The predicted molar refractivity (Wildman–Crippen MR) is 177 cm³/mol. The normalized spacial score (nSPS) is 19.5. The Bertz CT molecular complexity index is 1930. The standard InChI is InChI=1S/C35H39FN6O5/c1-7-27(43)40-14-15-41(21(6)17-40)33-23-16-20(5)30-28-24(36)10-9-11-25(28)47-18-26(46-8-2)32(44)22-12-13-37-29(19(3)4)31(22)42(34(23)38-30)35(45)39-33/h7,9-13,16,19,21,26,32,44H,1,8,14-15,17-18H2,2-6H3/t21-,26?,32?/m0/s1. The fourth-order valence-electron chi connectivity index (χ4n) is 6.57. The highest BCUT2D eigenvalue weighted by molar-refractivity contribution is 5.92. The maximum absolute atomic E-state index is 15.8. The van der Waals surface area contributed by atoms with Crippen LogP contribution in [0.2, 0.25) is 0 Å². The lowest BCUT2D eigenvalue weighted by atomic mass is 9.97. The first kappa shape index (κ1) is 32.3. The number of halogens is 1. The smallest absolute Gasteiger partial charge is 0.355 e. The molecule has 3 aromatic heterocycles. The summed E-state index contributed by atoms with van der Waals surface area (Å²) in [6, 6.07) is 7.86. The van der Waals surface area contributed by atoms with E-state index in [1.54, 1.807) is 29.3 Å². The fraction of sp³-hybridized carbons (Fsp3) is 0.400. The van der Waals surface area contributed by atoms with Gasteiger partial charge in [0, 0.05) is 44.0 Å². The van der Waals surface area contributed by atoms with Crippen LogP contribution >= 0.6 is 0 Å². The third kappa shape index (κ3) is 5.65. The van der Waals surface area contributed by atoms with Crippen molar-refractivity contribution in [1.29, 1.82) is 0 Å². The van der Waals surface area contributed by atoms with Gasteiger partial charge in [-0.15, -0.1) is 0 Å². The number of carbonyl (C=O) groups is 1. The molecule has 0 radical (unpaired) electrons. The Morgan fingerprint density at radius 2 is 2.04 bits per heavy atom. The summed E-state index contributed by atoms with van der Waals surface area (Å²) in [5.41, 5.74) is 1.97. The van der Waals surface area contributed by atoms with Crippen molar-refractivity contribution in [3.05, 3.63) is 82.3 Å². The lowest BCUT2D eigenvalue weighted by molar-refractivity contribution is -0.126. The van der Waals surface area contributed by atoms with Gasteiger partial charge in [-0.3, -0.25) is 9.78 Å². The van der Waals surface area contributed by atoms with Crippen LogP contribution in [0.5, 0.6) is 5.75 Å². The summed E-state index contributed by atoms with van der Waals surface area (Å²) in [5, 5.41) is 12.4. The molecule has 2 aliphatic heterocycles. The van der Waals surface area contributed by atoms with Crippen LogP contribution in [0.4, 0.5) is 10.2 Å². The number of rotatable bonds is 5. The first-order valence-corrected chi connectivity index (χ1v) is 15.9. The maximum Gasteiger partial charge on any atom is 0.355 e. The molecule has 1 aromatic carbocycles. The maximum atomic E-state index is 15.8. The largest absolute Gasteiger partial charge is 0.490 e. The number of benzene rings is 1. The van der Waals surface area contributed by atoms with Crippen molar-refractivity contribution in [1.82, 2.24) is 24.4 Å².